The molecule has 0 aliphatic carbocycles. The summed E-state index contributed by atoms with van der Waals surface area (Å²) in [5, 5.41) is 8.24. The van der Waals surface area contributed by atoms with Crippen molar-refractivity contribution in [2.75, 3.05) is 40.4 Å². The Morgan fingerprint density at radius 3 is 2.15 bits per heavy atom. The second-order valence-electron chi connectivity index (χ2n) is 10.9. The van der Waals surface area contributed by atoms with Crippen molar-refractivity contribution in [3.05, 3.63) is 36.0 Å². The van der Waals surface area contributed by atoms with Crippen LogP contribution in [-0.4, -0.2) is 86.2 Å². The monoisotopic (exact) mass is 647 g/mol. The van der Waals surface area contributed by atoms with E-state index in [1.54, 1.807) is 16.7 Å². The molecule has 3 rings (SSSR count). The lowest BCUT2D eigenvalue weighted by Crippen LogP contribution is -2.48. The zero-order valence-corrected chi connectivity index (χ0v) is 29.0. The number of amides is 4. The molecule has 1 atom stereocenters. The minimum Gasteiger partial charge on any atom is -0.469 e. The van der Waals surface area contributed by atoms with Gasteiger partial charge in [0.2, 0.25) is 24.1 Å². The Morgan fingerprint density at radius 2 is 1.57 bits per heavy atom. The molecule has 1 saturated heterocycles. The highest BCUT2D eigenvalue weighted by Gasteiger charge is 2.23. The number of nitrogens with zero attached hydrogens (tertiary/aromatic N) is 2. The maximum Gasteiger partial charge on any atom is 0.305 e. The number of rotatable bonds is 13. The molecule has 0 saturated carbocycles. The number of aryl methyl sites for hydroxylation is 1. The van der Waals surface area contributed by atoms with Gasteiger partial charge in [0.25, 0.3) is 0 Å². The number of esters is 1. The number of ether oxygens (including phenoxy) is 1. The molecule has 2 aromatic rings. The Kier molecular flexibility index (Phi) is 23.8. The van der Waals surface area contributed by atoms with E-state index in [0.29, 0.717) is 12.8 Å². The largest absolute Gasteiger partial charge is 0.469 e. The highest BCUT2D eigenvalue weighted by Crippen LogP contribution is 2.18. The molecule has 0 spiro atoms. The summed E-state index contributed by atoms with van der Waals surface area (Å²) in [5.74, 6) is -1.10. The zero-order chi connectivity index (χ0) is 34.7. The van der Waals surface area contributed by atoms with E-state index >= 15 is 0 Å². The number of para-hydroxylation sites is 1. The predicted octanol–water partition coefficient (Wildman–Crippen LogP) is 3.92. The van der Waals surface area contributed by atoms with E-state index < -0.39 is 11.8 Å². The number of unbranched alkanes of at least 4 members (excludes halogenated alkanes) is 3. The average molecular weight is 648 g/mol. The lowest BCUT2D eigenvalue weighted by Gasteiger charge is -2.33. The summed E-state index contributed by atoms with van der Waals surface area (Å²) >= 11 is 0. The molecule has 12 nitrogen and oxygen atoms in total. The van der Waals surface area contributed by atoms with Crippen molar-refractivity contribution in [2.24, 2.45) is 0 Å². The van der Waals surface area contributed by atoms with Crippen LogP contribution in [-0.2, 0) is 28.7 Å². The van der Waals surface area contributed by atoms with Crippen LogP contribution in [0.25, 0.3) is 10.9 Å². The van der Waals surface area contributed by atoms with Crippen molar-refractivity contribution in [1.29, 1.82) is 0 Å². The fourth-order valence-corrected chi connectivity index (χ4v) is 4.27. The van der Waals surface area contributed by atoms with Crippen LogP contribution in [0.3, 0.4) is 0 Å². The lowest BCUT2D eigenvalue weighted by molar-refractivity contribution is -0.140. The van der Waals surface area contributed by atoms with E-state index in [1.807, 2.05) is 31.3 Å². The van der Waals surface area contributed by atoms with E-state index in [0.717, 1.165) is 50.6 Å². The van der Waals surface area contributed by atoms with Crippen molar-refractivity contribution in [1.82, 2.24) is 25.6 Å². The van der Waals surface area contributed by atoms with E-state index in [2.05, 4.69) is 54.4 Å². The third-order valence-electron chi connectivity index (χ3n) is 7.14. The van der Waals surface area contributed by atoms with Crippen LogP contribution in [0.2, 0.25) is 0 Å². The fourth-order valence-electron chi connectivity index (χ4n) is 4.27. The fraction of sp³-hybridized carbons (Fsp3) is 0.618. The average Bonchev–Trinajstić information content (AvgIpc) is 3.41. The molecule has 1 aliphatic rings. The van der Waals surface area contributed by atoms with Crippen LogP contribution < -0.4 is 20.8 Å². The molecule has 1 aromatic heterocycles. The van der Waals surface area contributed by atoms with Gasteiger partial charge in [-0.05, 0) is 51.2 Å². The Labute approximate surface area is 274 Å². The van der Waals surface area contributed by atoms with E-state index in [4.69, 9.17) is 4.84 Å². The minimum absolute atomic E-state index is 0.0639. The van der Waals surface area contributed by atoms with Crippen LogP contribution in [0.4, 0.5) is 0 Å². The lowest BCUT2D eigenvalue weighted by atomic mass is 10.0. The van der Waals surface area contributed by atoms with Gasteiger partial charge in [-0.25, -0.2) is 0 Å². The number of likely N-dealkylation sites (tertiary alicyclic amines) is 1. The molecule has 1 aromatic carbocycles. The summed E-state index contributed by atoms with van der Waals surface area (Å²) in [5.41, 5.74) is 2.37. The van der Waals surface area contributed by atoms with Crippen LogP contribution in [0.5, 0.6) is 0 Å². The number of piperidine rings is 1. The molecule has 46 heavy (non-hydrogen) atoms. The van der Waals surface area contributed by atoms with Gasteiger partial charge in [0.15, 0.2) is 0 Å². The normalized spacial score (nSPS) is 13.3. The molecular formula is C34H57N5O7. The Balaban J connectivity index is 0.000000679. The summed E-state index contributed by atoms with van der Waals surface area (Å²) in [6.45, 7) is 10.8. The van der Waals surface area contributed by atoms with Gasteiger partial charge in [0.1, 0.15) is 7.11 Å². The standard InChI is InChI=1S/C13H22N4O4.C10H11NO.C7H14O2.C4H10/c1-10-4-2-3-5-17(10)13(21)8-16-12(20)7-15-11(19)6-14-9-18;1-8-7-11(12-2)10-6-4-3-5-9(8)10;1-3-4-5-6-7(8)9-2;1-3-4-2/h9-10H,2-8H2,1H3,(H,14,18)(H,15,19)(H,16,20);3-7H,1-2H3;3-6H2,1-2H3;3-4H2,1-2H3. The molecule has 0 radical (unpaired) electrons. The number of hydrogen-bond acceptors (Lipinski definition) is 7. The van der Waals surface area contributed by atoms with Crippen molar-refractivity contribution in [2.45, 2.75) is 98.4 Å². The summed E-state index contributed by atoms with van der Waals surface area (Å²) in [6.07, 6.45) is 11.9. The maximum atomic E-state index is 12.0. The number of benzene rings is 1. The van der Waals surface area contributed by atoms with Gasteiger partial charge in [-0.1, -0.05) is 64.7 Å². The van der Waals surface area contributed by atoms with E-state index in [9.17, 15) is 24.0 Å². The van der Waals surface area contributed by atoms with Gasteiger partial charge in [-0.3, -0.25) is 24.0 Å². The number of carbonyl (C=O) groups excluding carboxylic acids is 5. The van der Waals surface area contributed by atoms with Crippen LogP contribution >= 0.6 is 0 Å². The van der Waals surface area contributed by atoms with Crippen LogP contribution in [0.1, 0.15) is 91.0 Å². The van der Waals surface area contributed by atoms with Crippen molar-refractivity contribution >= 4 is 41.0 Å². The van der Waals surface area contributed by atoms with Gasteiger partial charge in [0.05, 0.1) is 32.3 Å². The van der Waals surface area contributed by atoms with E-state index in [-0.39, 0.29) is 37.6 Å². The van der Waals surface area contributed by atoms with Gasteiger partial charge in [-0.15, -0.1) is 0 Å². The summed E-state index contributed by atoms with van der Waals surface area (Å²) in [7, 11) is 3.10. The Morgan fingerprint density at radius 1 is 0.913 bits per heavy atom. The maximum absolute atomic E-state index is 12.0. The molecule has 260 valence electrons. The van der Waals surface area contributed by atoms with Crippen LogP contribution in [0, 0.1) is 6.92 Å². The molecule has 12 heteroatoms. The summed E-state index contributed by atoms with van der Waals surface area (Å²) < 4.78 is 6.24. The second kappa shape index (κ2) is 26.2. The van der Waals surface area contributed by atoms with Gasteiger partial charge < -0.3 is 30.4 Å². The molecule has 0 bridgehead atoms. The van der Waals surface area contributed by atoms with Gasteiger partial charge in [-0.2, -0.15) is 4.73 Å². The van der Waals surface area contributed by atoms with Gasteiger partial charge in [0, 0.05) is 30.6 Å². The third-order valence-corrected chi connectivity index (χ3v) is 7.14. The molecule has 1 unspecified atom stereocenters. The highest BCUT2D eigenvalue weighted by atomic mass is 16.6. The second-order valence-corrected chi connectivity index (χ2v) is 10.9. The summed E-state index contributed by atoms with van der Waals surface area (Å²) in [6, 6.07) is 8.40. The molecule has 3 N–H and O–H groups in total. The predicted molar refractivity (Wildman–Crippen MR) is 181 cm³/mol. The first-order valence-corrected chi connectivity index (χ1v) is 16.3. The first kappa shape index (κ1) is 41.9. The number of carbonyl (C=O) groups is 5. The van der Waals surface area contributed by atoms with Crippen molar-refractivity contribution in [3.63, 3.8) is 0 Å². The first-order valence-electron chi connectivity index (χ1n) is 16.3. The third kappa shape index (κ3) is 18.0. The van der Waals surface area contributed by atoms with Crippen molar-refractivity contribution < 1.29 is 33.5 Å². The quantitative estimate of drug-likeness (QED) is 0.170. The first-order chi connectivity index (χ1) is 22.1. The van der Waals surface area contributed by atoms with E-state index in [1.165, 1.54) is 30.9 Å². The molecular weight excluding hydrogens is 590 g/mol. The molecule has 4 amide bonds. The number of nitrogens with one attached hydrogen (secondary N) is 3. The van der Waals surface area contributed by atoms with Crippen molar-refractivity contribution in [3.8, 4) is 0 Å². The smallest absolute Gasteiger partial charge is 0.305 e. The number of fused-ring (bicyclic) bond motifs is 1. The summed E-state index contributed by atoms with van der Waals surface area (Å²) in [4.78, 5) is 62.0. The number of methoxy groups -OCH3 is 1. The van der Waals surface area contributed by atoms with Crippen LogP contribution in [0.15, 0.2) is 30.5 Å². The highest BCUT2D eigenvalue weighted by molar-refractivity contribution is 5.89. The molecule has 1 aliphatic heterocycles. The minimum atomic E-state index is -0.465. The Hall–Kier alpha value is -4.09. The molecule has 1 fully saturated rings. The molecule has 2 heterocycles. The zero-order valence-electron chi connectivity index (χ0n) is 29.0. The van der Waals surface area contributed by atoms with Gasteiger partial charge >= 0.3 is 5.97 Å². The number of hydrogen-bond donors (Lipinski definition) is 3. The SMILES string of the molecule is CC1CCCCN1C(=O)CNC(=O)CNC(=O)CNC=O.CCCC.CCCCCC(=O)OC.COn1cc(C)c2ccccc21. The Bertz CT molecular complexity index is 1170. The number of aromatic nitrogens is 1. The topological polar surface area (TPSA) is 148 Å².